The summed E-state index contributed by atoms with van der Waals surface area (Å²) in [6, 6.07) is 26.3. The van der Waals surface area contributed by atoms with Gasteiger partial charge in [-0.3, -0.25) is 9.59 Å². The molecule has 170 valence electrons. The molecule has 1 aromatic heterocycles. The Hall–Kier alpha value is -3.88. The van der Waals surface area contributed by atoms with E-state index in [2.05, 4.69) is 10.6 Å². The lowest BCUT2D eigenvalue weighted by molar-refractivity contribution is -0.115. The second-order valence-corrected chi connectivity index (χ2v) is 9.37. The summed E-state index contributed by atoms with van der Waals surface area (Å²) < 4.78 is 0. The van der Waals surface area contributed by atoms with Crippen molar-refractivity contribution in [2.45, 2.75) is 10.1 Å². The van der Waals surface area contributed by atoms with Gasteiger partial charge in [-0.15, -0.1) is 23.1 Å². The van der Waals surface area contributed by atoms with Crippen LogP contribution >= 0.6 is 23.1 Å². The summed E-state index contributed by atoms with van der Waals surface area (Å²) in [5, 5.41) is 16.1. The molecule has 8 heteroatoms. The number of thiophene rings is 1. The summed E-state index contributed by atoms with van der Waals surface area (Å²) in [7, 11) is 0. The highest BCUT2D eigenvalue weighted by molar-refractivity contribution is 8.00. The van der Waals surface area contributed by atoms with E-state index in [1.807, 2.05) is 60.0 Å². The first-order chi connectivity index (χ1) is 16.5. The molecule has 0 aliphatic carbocycles. The fourth-order valence-electron chi connectivity index (χ4n) is 3.19. The van der Waals surface area contributed by atoms with Crippen LogP contribution in [0.2, 0.25) is 0 Å². The lowest BCUT2D eigenvalue weighted by Crippen LogP contribution is -2.19. The summed E-state index contributed by atoms with van der Waals surface area (Å²) >= 11 is 2.73. The molecular formula is C26H20N2O4S2. The van der Waals surface area contributed by atoms with Gasteiger partial charge in [0.1, 0.15) is 5.25 Å². The Morgan fingerprint density at radius 1 is 0.794 bits per heavy atom. The van der Waals surface area contributed by atoms with Gasteiger partial charge in [0.2, 0.25) is 5.91 Å². The first-order valence-electron chi connectivity index (χ1n) is 10.3. The molecule has 0 spiro atoms. The van der Waals surface area contributed by atoms with Crippen LogP contribution in [-0.2, 0) is 4.79 Å². The van der Waals surface area contributed by atoms with E-state index in [1.165, 1.54) is 35.2 Å². The Bertz CT molecular complexity index is 1290. The van der Waals surface area contributed by atoms with Crippen molar-refractivity contribution in [3.63, 3.8) is 0 Å². The maximum absolute atomic E-state index is 13.2. The van der Waals surface area contributed by atoms with Gasteiger partial charge < -0.3 is 15.7 Å². The van der Waals surface area contributed by atoms with E-state index in [0.29, 0.717) is 16.3 Å². The zero-order valence-corrected chi connectivity index (χ0v) is 19.4. The van der Waals surface area contributed by atoms with E-state index < -0.39 is 11.2 Å². The smallest absolute Gasteiger partial charge is 0.335 e. The van der Waals surface area contributed by atoms with Gasteiger partial charge in [0.05, 0.1) is 10.4 Å². The van der Waals surface area contributed by atoms with E-state index in [9.17, 15) is 14.4 Å². The van der Waals surface area contributed by atoms with E-state index in [0.717, 1.165) is 10.5 Å². The van der Waals surface area contributed by atoms with Crippen LogP contribution < -0.4 is 10.6 Å². The van der Waals surface area contributed by atoms with Crippen LogP contribution in [-0.4, -0.2) is 22.9 Å². The van der Waals surface area contributed by atoms with Crippen LogP contribution in [0.3, 0.4) is 0 Å². The fourth-order valence-corrected chi connectivity index (χ4v) is 4.89. The van der Waals surface area contributed by atoms with Crippen molar-refractivity contribution in [2.24, 2.45) is 0 Å². The van der Waals surface area contributed by atoms with Gasteiger partial charge in [0.25, 0.3) is 5.91 Å². The Labute approximate surface area is 204 Å². The third-order valence-electron chi connectivity index (χ3n) is 4.83. The number of carbonyl (C=O) groups is 3. The molecule has 0 aliphatic rings. The number of benzene rings is 3. The van der Waals surface area contributed by atoms with Crippen LogP contribution in [0.4, 0.5) is 11.4 Å². The number of aromatic carboxylic acids is 1. The zero-order valence-electron chi connectivity index (χ0n) is 17.8. The first kappa shape index (κ1) is 23.3. The number of carboxylic acid groups (broad SMARTS) is 1. The van der Waals surface area contributed by atoms with Gasteiger partial charge in [0, 0.05) is 16.3 Å². The van der Waals surface area contributed by atoms with Crippen LogP contribution in [0.5, 0.6) is 0 Å². The molecule has 0 saturated heterocycles. The second kappa shape index (κ2) is 10.8. The Kier molecular flexibility index (Phi) is 7.41. The minimum absolute atomic E-state index is 0.147. The SMILES string of the molecule is O=C(O)c1ccc(NC(=O)C(Sc2cccc(NC(=O)c3cccs3)c2)c2ccccc2)cc1. The molecule has 0 fully saturated rings. The molecule has 6 nitrogen and oxygen atoms in total. The van der Waals surface area contributed by atoms with Crippen LogP contribution in [0.25, 0.3) is 0 Å². The number of carbonyl (C=O) groups excluding carboxylic acids is 2. The normalized spacial score (nSPS) is 11.4. The minimum atomic E-state index is -1.03. The minimum Gasteiger partial charge on any atom is -0.478 e. The van der Waals surface area contributed by atoms with Crippen LogP contribution in [0, 0.1) is 0 Å². The number of carboxylic acids is 1. The fraction of sp³-hybridized carbons (Fsp3) is 0.0385. The molecule has 3 aromatic carbocycles. The number of thioether (sulfide) groups is 1. The van der Waals surface area contributed by atoms with Crippen molar-refractivity contribution in [2.75, 3.05) is 10.6 Å². The Balaban J connectivity index is 1.53. The lowest BCUT2D eigenvalue weighted by atomic mass is 10.1. The number of hydrogen-bond acceptors (Lipinski definition) is 5. The molecule has 1 heterocycles. The molecular weight excluding hydrogens is 468 g/mol. The molecule has 3 N–H and O–H groups in total. The molecule has 0 aliphatic heterocycles. The monoisotopic (exact) mass is 488 g/mol. The Morgan fingerprint density at radius 3 is 2.24 bits per heavy atom. The zero-order chi connectivity index (χ0) is 23.9. The largest absolute Gasteiger partial charge is 0.478 e. The maximum Gasteiger partial charge on any atom is 0.335 e. The number of anilines is 2. The molecule has 0 radical (unpaired) electrons. The van der Waals surface area contributed by atoms with E-state index >= 15 is 0 Å². The topological polar surface area (TPSA) is 95.5 Å². The maximum atomic E-state index is 13.2. The molecule has 34 heavy (non-hydrogen) atoms. The molecule has 0 bridgehead atoms. The third kappa shape index (κ3) is 5.92. The number of rotatable bonds is 8. The van der Waals surface area contributed by atoms with Crippen molar-refractivity contribution in [3.8, 4) is 0 Å². The molecule has 4 aromatic rings. The van der Waals surface area contributed by atoms with Crippen LogP contribution in [0.1, 0.15) is 30.8 Å². The van der Waals surface area contributed by atoms with Gasteiger partial charge in [-0.2, -0.15) is 0 Å². The van der Waals surface area contributed by atoms with E-state index in [4.69, 9.17) is 5.11 Å². The summed E-state index contributed by atoms with van der Waals surface area (Å²) in [6.07, 6.45) is 0. The molecule has 4 rings (SSSR count). The molecule has 1 atom stereocenters. The average Bonchev–Trinajstić information content (AvgIpc) is 3.39. The number of nitrogens with one attached hydrogen (secondary N) is 2. The first-order valence-corrected chi connectivity index (χ1v) is 12.1. The van der Waals surface area contributed by atoms with Gasteiger partial charge in [0.15, 0.2) is 0 Å². The van der Waals surface area contributed by atoms with Crippen LogP contribution in [0.15, 0.2) is 101 Å². The number of hydrogen-bond donors (Lipinski definition) is 3. The van der Waals surface area contributed by atoms with Gasteiger partial charge in [-0.25, -0.2) is 4.79 Å². The summed E-state index contributed by atoms with van der Waals surface area (Å²) in [4.78, 5) is 38.1. The van der Waals surface area contributed by atoms with Crippen molar-refractivity contribution < 1.29 is 19.5 Å². The quantitative estimate of drug-likeness (QED) is 0.258. The summed E-state index contributed by atoms with van der Waals surface area (Å²) in [6.45, 7) is 0. The highest BCUT2D eigenvalue weighted by Crippen LogP contribution is 2.37. The number of amides is 2. The summed E-state index contributed by atoms with van der Waals surface area (Å²) in [5.41, 5.74) is 2.11. The van der Waals surface area contributed by atoms with Gasteiger partial charge >= 0.3 is 5.97 Å². The van der Waals surface area contributed by atoms with Crippen molar-refractivity contribution in [1.82, 2.24) is 0 Å². The Morgan fingerprint density at radius 2 is 1.56 bits per heavy atom. The molecule has 1 unspecified atom stereocenters. The predicted molar refractivity (Wildman–Crippen MR) is 136 cm³/mol. The molecule has 0 saturated carbocycles. The van der Waals surface area contributed by atoms with Crippen molar-refractivity contribution in [3.05, 3.63) is 112 Å². The van der Waals surface area contributed by atoms with Gasteiger partial charge in [-0.1, -0.05) is 42.5 Å². The predicted octanol–water partition coefficient (Wildman–Crippen LogP) is 6.17. The second-order valence-electron chi connectivity index (χ2n) is 7.24. The van der Waals surface area contributed by atoms with Crippen molar-refractivity contribution >= 4 is 52.3 Å². The third-order valence-corrected chi connectivity index (χ3v) is 6.95. The average molecular weight is 489 g/mol. The lowest BCUT2D eigenvalue weighted by Gasteiger charge is -2.18. The van der Waals surface area contributed by atoms with Crippen molar-refractivity contribution in [1.29, 1.82) is 0 Å². The van der Waals surface area contributed by atoms with Gasteiger partial charge in [-0.05, 0) is 59.5 Å². The standard InChI is InChI=1S/C26H20N2O4S2/c29-24(22-10-5-15-33-22)28-20-8-4-9-21(16-20)34-23(17-6-2-1-3-7-17)25(30)27-19-13-11-18(12-14-19)26(31)32/h1-16,23H,(H,27,30)(H,28,29)(H,31,32). The summed E-state index contributed by atoms with van der Waals surface area (Å²) in [5.74, 6) is -1.45. The molecule has 2 amide bonds. The highest BCUT2D eigenvalue weighted by atomic mass is 32.2. The van der Waals surface area contributed by atoms with E-state index in [1.54, 1.807) is 24.3 Å². The van der Waals surface area contributed by atoms with E-state index in [-0.39, 0.29) is 17.4 Å². The highest BCUT2D eigenvalue weighted by Gasteiger charge is 2.22.